The molecule has 4 nitrogen and oxygen atoms in total. The zero-order valence-corrected chi connectivity index (χ0v) is 18.4. The Morgan fingerprint density at radius 1 is 1.21 bits per heavy atom. The zero-order chi connectivity index (χ0) is 21.0. The van der Waals surface area contributed by atoms with Gasteiger partial charge in [-0.2, -0.15) is 0 Å². The molecule has 1 aliphatic heterocycles. The topological polar surface area (TPSA) is 59.7 Å². The Labute approximate surface area is 173 Å². The molecule has 1 fully saturated rings. The van der Waals surface area contributed by atoms with Gasteiger partial charge in [0.15, 0.2) is 0 Å². The molecule has 0 amide bonds. The summed E-state index contributed by atoms with van der Waals surface area (Å²) in [5, 5.41) is 12.0. The third-order valence-electron chi connectivity index (χ3n) is 7.21. The number of hydrogen-bond acceptors (Lipinski definition) is 4. The van der Waals surface area contributed by atoms with Crippen LogP contribution in [-0.2, 0) is 6.42 Å². The minimum Gasteiger partial charge on any atom is -0.486 e. The third kappa shape index (κ3) is 3.61. The molecule has 0 unspecified atom stereocenters. The second-order valence-corrected chi connectivity index (χ2v) is 10.3. The van der Waals surface area contributed by atoms with E-state index < -0.39 is 6.10 Å². The standard InChI is InChI=1S/C25H34O4/c1-6-7-16-12-21(27)28-22-15(2)23-19(13-18(16)22)20(26)14-25(29-23)10-8-17(9-11-25)24(3,4)5/h12-13,17,20,26H,6-11,14H2,1-5H3/t17?,20-,25?/m0/s1. The van der Waals surface area contributed by atoms with E-state index in [2.05, 4.69) is 27.7 Å². The maximum absolute atomic E-state index is 12.1. The Balaban J connectivity index is 1.75. The predicted octanol–water partition coefficient (Wildman–Crippen LogP) is 5.84. The van der Waals surface area contributed by atoms with Crippen molar-refractivity contribution in [2.24, 2.45) is 11.3 Å². The Hall–Kier alpha value is -1.81. The second kappa shape index (κ2) is 7.16. The van der Waals surface area contributed by atoms with Crippen LogP contribution in [0.3, 0.4) is 0 Å². The van der Waals surface area contributed by atoms with Gasteiger partial charge in [-0.3, -0.25) is 0 Å². The van der Waals surface area contributed by atoms with Crippen LogP contribution < -0.4 is 10.4 Å². The quantitative estimate of drug-likeness (QED) is 0.645. The fraction of sp³-hybridized carbons (Fsp3) is 0.640. The van der Waals surface area contributed by atoms with Gasteiger partial charge in [0.25, 0.3) is 0 Å². The van der Waals surface area contributed by atoms with Gasteiger partial charge in [-0.05, 0) is 62.0 Å². The molecule has 2 aliphatic rings. The van der Waals surface area contributed by atoms with E-state index in [1.165, 1.54) is 0 Å². The molecule has 1 N–H and O–H groups in total. The molecule has 1 aliphatic carbocycles. The van der Waals surface area contributed by atoms with Gasteiger partial charge in [0.05, 0.1) is 6.10 Å². The summed E-state index contributed by atoms with van der Waals surface area (Å²) in [4.78, 5) is 12.1. The van der Waals surface area contributed by atoms with E-state index in [4.69, 9.17) is 9.15 Å². The van der Waals surface area contributed by atoms with E-state index in [0.29, 0.717) is 23.3 Å². The highest BCUT2D eigenvalue weighted by atomic mass is 16.5. The van der Waals surface area contributed by atoms with E-state index >= 15 is 0 Å². The number of benzene rings is 1. The highest BCUT2D eigenvalue weighted by molar-refractivity contribution is 5.86. The average Bonchev–Trinajstić information content (AvgIpc) is 2.63. The van der Waals surface area contributed by atoms with Gasteiger partial charge in [0, 0.05) is 29.0 Å². The molecule has 1 aromatic heterocycles. The van der Waals surface area contributed by atoms with E-state index in [0.717, 1.165) is 66.4 Å². The smallest absolute Gasteiger partial charge is 0.336 e. The van der Waals surface area contributed by atoms with Crippen LogP contribution in [0, 0.1) is 18.3 Å². The molecule has 1 aromatic carbocycles. The van der Waals surface area contributed by atoms with Gasteiger partial charge in [0.2, 0.25) is 0 Å². The first-order valence-electron chi connectivity index (χ1n) is 11.1. The molecular weight excluding hydrogens is 364 g/mol. The molecule has 0 saturated heterocycles. The molecule has 0 radical (unpaired) electrons. The van der Waals surface area contributed by atoms with Crippen molar-refractivity contribution in [2.45, 2.75) is 91.3 Å². The highest BCUT2D eigenvalue weighted by Crippen LogP contribution is 2.51. The lowest BCUT2D eigenvalue weighted by Gasteiger charge is -2.47. The summed E-state index contributed by atoms with van der Waals surface area (Å²) in [5.41, 5.74) is 2.94. The second-order valence-electron chi connectivity index (χ2n) is 10.3. The monoisotopic (exact) mass is 398 g/mol. The predicted molar refractivity (Wildman–Crippen MR) is 116 cm³/mol. The Morgan fingerprint density at radius 3 is 2.52 bits per heavy atom. The molecule has 1 spiro atoms. The number of aliphatic hydroxyl groups excluding tert-OH is 1. The summed E-state index contributed by atoms with van der Waals surface area (Å²) in [6.07, 6.45) is 6.02. The first-order chi connectivity index (χ1) is 13.6. The molecule has 2 heterocycles. The van der Waals surface area contributed by atoms with Crippen molar-refractivity contribution < 1.29 is 14.3 Å². The summed E-state index contributed by atoms with van der Waals surface area (Å²) >= 11 is 0. The van der Waals surface area contributed by atoms with E-state index in [1.54, 1.807) is 6.07 Å². The highest BCUT2D eigenvalue weighted by Gasteiger charge is 2.45. The van der Waals surface area contributed by atoms with Gasteiger partial charge in [-0.1, -0.05) is 34.1 Å². The fourth-order valence-electron chi connectivity index (χ4n) is 5.42. The summed E-state index contributed by atoms with van der Waals surface area (Å²) in [7, 11) is 0. The van der Waals surface area contributed by atoms with Gasteiger partial charge in [0.1, 0.15) is 16.9 Å². The van der Waals surface area contributed by atoms with Crippen molar-refractivity contribution in [3.05, 3.63) is 39.2 Å². The summed E-state index contributed by atoms with van der Waals surface area (Å²) in [6, 6.07) is 3.58. The lowest BCUT2D eigenvalue weighted by Crippen LogP contribution is -2.45. The number of fused-ring (bicyclic) bond motifs is 2. The molecule has 29 heavy (non-hydrogen) atoms. The van der Waals surface area contributed by atoms with Crippen LogP contribution in [0.4, 0.5) is 0 Å². The van der Waals surface area contributed by atoms with Crippen LogP contribution in [0.25, 0.3) is 11.0 Å². The van der Waals surface area contributed by atoms with Gasteiger partial charge in [-0.25, -0.2) is 4.79 Å². The summed E-state index contributed by atoms with van der Waals surface area (Å²) < 4.78 is 12.2. The van der Waals surface area contributed by atoms with Gasteiger partial charge in [-0.15, -0.1) is 0 Å². The van der Waals surface area contributed by atoms with Crippen LogP contribution in [0.1, 0.15) is 89.0 Å². The van der Waals surface area contributed by atoms with Crippen molar-refractivity contribution >= 4 is 11.0 Å². The first kappa shape index (κ1) is 20.5. The minimum absolute atomic E-state index is 0.304. The van der Waals surface area contributed by atoms with Crippen molar-refractivity contribution in [1.29, 1.82) is 0 Å². The normalized spacial score (nSPS) is 27.1. The molecular formula is C25H34O4. The molecule has 1 atom stereocenters. The number of ether oxygens (including phenoxy) is 1. The van der Waals surface area contributed by atoms with Gasteiger partial charge < -0.3 is 14.3 Å². The minimum atomic E-state index is -0.547. The summed E-state index contributed by atoms with van der Waals surface area (Å²) in [6.45, 7) is 11.0. The van der Waals surface area contributed by atoms with Crippen LogP contribution in [0.15, 0.2) is 21.3 Å². The van der Waals surface area contributed by atoms with Crippen molar-refractivity contribution in [3.8, 4) is 5.75 Å². The largest absolute Gasteiger partial charge is 0.486 e. The Morgan fingerprint density at radius 2 is 1.90 bits per heavy atom. The van der Waals surface area contributed by atoms with Crippen LogP contribution >= 0.6 is 0 Å². The van der Waals surface area contributed by atoms with Gasteiger partial charge >= 0.3 is 5.63 Å². The van der Waals surface area contributed by atoms with Crippen molar-refractivity contribution in [3.63, 3.8) is 0 Å². The number of hydrogen-bond donors (Lipinski definition) is 1. The molecule has 4 heteroatoms. The Kier molecular flexibility index (Phi) is 5.05. The lowest BCUT2D eigenvalue weighted by molar-refractivity contribution is -0.0567. The number of aryl methyl sites for hydroxylation is 2. The first-order valence-corrected chi connectivity index (χ1v) is 11.1. The number of aliphatic hydroxyl groups is 1. The lowest BCUT2D eigenvalue weighted by atomic mass is 9.66. The van der Waals surface area contributed by atoms with E-state index in [1.807, 2.05) is 13.0 Å². The molecule has 2 aromatic rings. The SMILES string of the molecule is CCCc1cc(=O)oc2c(C)c3c(cc12)[C@@H](O)CC1(CCC(C(C)(C)C)CC1)O3. The Bertz CT molecular complexity index is 971. The zero-order valence-electron chi connectivity index (χ0n) is 18.4. The fourth-order valence-corrected chi connectivity index (χ4v) is 5.42. The van der Waals surface area contributed by atoms with E-state index in [9.17, 15) is 9.90 Å². The average molecular weight is 399 g/mol. The van der Waals surface area contributed by atoms with E-state index in [-0.39, 0.29) is 11.2 Å². The molecule has 0 bridgehead atoms. The third-order valence-corrected chi connectivity index (χ3v) is 7.21. The van der Waals surface area contributed by atoms with Crippen LogP contribution in [-0.4, -0.2) is 10.7 Å². The molecule has 1 saturated carbocycles. The van der Waals surface area contributed by atoms with Crippen molar-refractivity contribution in [1.82, 2.24) is 0 Å². The number of rotatable bonds is 2. The maximum atomic E-state index is 12.1. The van der Waals surface area contributed by atoms with Crippen LogP contribution in [0.5, 0.6) is 5.75 Å². The maximum Gasteiger partial charge on any atom is 0.336 e. The summed E-state index contributed by atoms with van der Waals surface area (Å²) in [5.74, 6) is 1.41. The van der Waals surface area contributed by atoms with Crippen LogP contribution in [0.2, 0.25) is 0 Å². The molecule has 4 rings (SSSR count). The van der Waals surface area contributed by atoms with Crippen molar-refractivity contribution in [2.75, 3.05) is 0 Å². The molecule has 158 valence electrons.